The quantitative estimate of drug-likeness (QED) is 0.851. The molecule has 0 fully saturated rings. The molecule has 5 heteroatoms. The molecule has 5 nitrogen and oxygen atoms in total. The normalized spacial score (nSPS) is 11.7. The Morgan fingerprint density at radius 3 is 2.00 bits per heavy atom. The van der Waals surface area contributed by atoms with Crippen molar-refractivity contribution in [1.82, 2.24) is 0 Å². The first-order valence-corrected chi connectivity index (χ1v) is 7.89. The molecule has 0 radical (unpaired) electrons. The zero-order valence-corrected chi connectivity index (χ0v) is 14.1. The van der Waals surface area contributed by atoms with Crippen LogP contribution in [0.1, 0.15) is 20.8 Å². The van der Waals surface area contributed by atoms with Crippen LogP contribution in [0.5, 0.6) is 5.75 Å². The van der Waals surface area contributed by atoms with Gasteiger partial charge in [-0.3, -0.25) is 9.59 Å². The molecular weight excluding hydrogens is 304 g/mol. The predicted molar refractivity (Wildman–Crippen MR) is 95.1 cm³/mol. The van der Waals surface area contributed by atoms with Crippen LogP contribution in [0, 0.1) is 5.92 Å². The summed E-state index contributed by atoms with van der Waals surface area (Å²) in [6.07, 6.45) is -0.638. The molecule has 0 aliphatic rings. The number of carbonyl (C=O) groups excluding carboxylic acids is 2. The van der Waals surface area contributed by atoms with Crippen LogP contribution in [0.15, 0.2) is 54.6 Å². The highest BCUT2D eigenvalue weighted by Gasteiger charge is 2.15. The Balaban J connectivity index is 1.97. The molecule has 2 aromatic rings. The summed E-state index contributed by atoms with van der Waals surface area (Å²) in [5, 5.41) is 5.59. The van der Waals surface area contributed by atoms with Gasteiger partial charge in [-0.05, 0) is 37.3 Å². The van der Waals surface area contributed by atoms with Gasteiger partial charge in [-0.25, -0.2) is 0 Å². The van der Waals surface area contributed by atoms with Gasteiger partial charge < -0.3 is 15.4 Å². The Kier molecular flexibility index (Phi) is 5.95. The lowest BCUT2D eigenvalue weighted by Gasteiger charge is -2.15. The Morgan fingerprint density at radius 1 is 0.833 bits per heavy atom. The van der Waals surface area contributed by atoms with Crippen LogP contribution in [0.25, 0.3) is 0 Å². The third kappa shape index (κ3) is 5.12. The van der Waals surface area contributed by atoms with E-state index in [0.29, 0.717) is 17.1 Å². The number of hydrogen-bond donors (Lipinski definition) is 2. The fraction of sp³-hybridized carbons (Fsp3) is 0.263. The van der Waals surface area contributed by atoms with Crippen LogP contribution in [0.2, 0.25) is 0 Å². The van der Waals surface area contributed by atoms with E-state index >= 15 is 0 Å². The molecular formula is C19H22N2O3. The minimum Gasteiger partial charge on any atom is -0.481 e. The summed E-state index contributed by atoms with van der Waals surface area (Å²) in [5.74, 6) is 0.200. The largest absolute Gasteiger partial charge is 0.481 e. The van der Waals surface area contributed by atoms with Crippen LogP contribution < -0.4 is 15.4 Å². The van der Waals surface area contributed by atoms with Crippen LogP contribution in [0.3, 0.4) is 0 Å². The van der Waals surface area contributed by atoms with Gasteiger partial charge in [0.05, 0.1) is 0 Å². The third-order valence-corrected chi connectivity index (χ3v) is 3.35. The van der Waals surface area contributed by atoms with Crippen molar-refractivity contribution in [2.24, 2.45) is 5.92 Å². The molecule has 0 bridgehead atoms. The van der Waals surface area contributed by atoms with E-state index < -0.39 is 6.10 Å². The highest BCUT2D eigenvalue weighted by molar-refractivity contribution is 5.96. The number of nitrogens with one attached hydrogen (secondary N) is 2. The summed E-state index contributed by atoms with van der Waals surface area (Å²) < 4.78 is 5.59. The van der Waals surface area contributed by atoms with E-state index in [1.54, 1.807) is 43.3 Å². The number of carbonyl (C=O) groups is 2. The fourth-order valence-corrected chi connectivity index (χ4v) is 1.96. The SMILES string of the molecule is CC(C)C(=O)Nc1cccc(NC(=O)C(C)Oc2ccccc2)c1. The average molecular weight is 326 g/mol. The highest BCUT2D eigenvalue weighted by Crippen LogP contribution is 2.17. The third-order valence-electron chi connectivity index (χ3n) is 3.35. The molecule has 2 N–H and O–H groups in total. The molecule has 0 aliphatic carbocycles. The number of amides is 2. The van der Waals surface area contributed by atoms with E-state index in [1.807, 2.05) is 32.0 Å². The molecule has 0 heterocycles. The highest BCUT2D eigenvalue weighted by atomic mass is 16.5. The first kappa shape index (κ1) is 17.5. The Hall–Kier alpha value is -2.82. The van der Waals surface area contributed by atoms with Gasteiger partial charge in [0.15, 0.2) is 6.10 Å². The molecule has 2 aromatic carbocycles. The van der Waals surface area contributed by atoms with Gasteiger partial charge in [-0.15, -0.1) is 0 Å². The minimum atomic E-state index is -0.638. The molecule has 24 heavy (non-hydrogen) atoms. The topological polar surface area (TPSA) is 67.4 Å². The number of hydrogen-bond acceptors (Lipinski definition) is 3. The van der Waals surface area contributed by atoms with Crippen molar-refractivity contribution in [2.45, 2.75) is 26.9 Å². The Morgan fingerprint density at radius 2 is 1.42 bits per heavy atom. The number of benzene rings is 2. The molecule has 1 atom stereocenters. The maximum atomic E-state index is 12.2. The minimum absolute atomic E-state index is 0.0701. The molecule has 2 amide bonds. The van der Waals surface area contributed by atoms with Crippen LogP contribution >= 0.6 is 0 Å². The second-order valence-electron chi connectivity index (χ2n) is 5.79. The smallest absolute Gasteiger partial charge is 0.265 e. The van der Waals surface area contributed by atoms with Crippen LogP contribution in [-0.2, 0) is 9.59 Å². The lowest BCUT2D eigenvalue weighted by Crippen LogP contribution is -2.30. The van der Waals surface area contributed by atoms with Crippen molar-refractivity contribution in [3.63, 3.8) is 0 Å². The second kappa shape index (κ2) is 8.15. The molecule has 0 saturated carbocycles. The molecule has 126 valence electrons. The first-order chi connectivity index (χ1) is 11.5. The standard InChI is InChI=1S/C19H22N2O3/c1-13(2)18(22)20-15-8-7-9-16(12-15)21-19(23)14(3)24-17-10-5-4-6-11-17/h4-14H,1-3H3,(H,20,22)(H,21,23). The maximum Gasteiger partial charge on any atom is 0.265 e. The van der Waals surface area contributed by atoms with Crippen molar-refractivity contribution in [1.29, 1.82) is 0 Å². The van der Waals surface area contributed by atoms with Crippen molar-refractivity contribution in [3.05, 3.63) is 54.6 Å². The van der Waals surface area contributed by atoms with E-state index in [-0.39, 0.29) is 17.7 Å². The monoisotopic (exact) mass is 326 g/mol. The zero-order valence-electron chi connectivity index (χ0n) is 14.1. The van der Waals surface area contributed by atoms with Crippen LogP contribution in [-0.4, -0.2) is 17.9 Å². The van der Waals surface area contributed by atoms with E-state index in [4.69, 9.17) is 4.74 Å². The van der Waals surface area contributed by atoms with Gasteiger partial charge in [0, 0.05) is 17.3 Å². The summed E-state index contributed by atoms with van der Waals surface area (Å²) in [5.41, 5.74) is 1.24. The lowest BCUT2D eigenvalue weighted by atomic mass is 10.2. The van der Waals surface area contributed by atoms with Crippen molar-refractivity contribution >= 4 is 23.2 Å². The first-order valence-electron chi connectivity index (χ1n) is 7.89. The van der Waals surface area contributed by atoms with E-state index in [2.05, 4.69) is 10.6 Å². The fourth-order valence-electron chi connectivity index (χ4n) is 1.96. The van der Waals surface area contributed by atoms with Crippen molar-refractivity contribution in [3.8, 4) is 5.75 Å². The number of rotatable bonds is 6. The van der Waals surface area contributed by atoms with Gasteiger partial charge in [-0.2, -0.15) is 0 Å². The molecule has 2 rings (SSSR count). The van der Waals surface area contributed by atoms with E-state index in [0.717, 1.165) is 0 Å². The molecule has 0 spiro atoms. The van der Waals surface area contributed by atoms with Crippen molar-refractivity contribution < 1.29 is 14.3 Å². The molecule has 0 saturated heterocycles. The summed E-state index contributed by atoms with van der Waals surface area (Å²) in [6.45, 7) is 5.33. The number of para-hydroxylation sites is 1. The van der Waals surface area contributed by atoms with Gasteiger partial charge in [0.1, 0.15) is 5.75 Å². The molecule has 0 aliphatic heterocycles. The van der Waals surface area contributed by atoms with Gasteiger partial charge >= 0.3 is 0 Å². The number of anilines is 2. The van der Waals surface area contributed by atoms with E-state index in [9.17, 15) is 9.59 Å². The van der Waals surface area contributed by atoms with Crippen molar-refractivity contribution in [2.75, 3.05) is 10.6 Å². The average Bonchev–Trinajstić information content (AvgIpc) is 2.56. The van der Waals surface area contributed by atoms with Gasteiger partial charge in [-0.1, -0.05) is 38.1 Å². The Bertz CT molecular complexity index is 699. The summed E-state index contributed by atoms with van der Waals surface area (Å²) in [6, 6.07) is 16.2. The summed E-state index contributed by atoms with van der Waals surface area (Å²) >= 11 is 0. The molecule has 1 unspecified atom stereocenters. The van der Waals surface area contributed by atoms with Crippen LogP contribution in [0.4, 0.5) is 11.4 Å². The summed E-state index contributed by atoms with van der Waals surface area (Å²) in [7, 11) is 0. The van der Waals surface area contributed by atoms with Gasteiger partial charge in [0.2, 0.25) is 5.91 Å². The Labute approximate surface area is 142 Å². The predicted octanol–water partition coefficient (Wildman–Crippen LogP) is 3.69. The summed E-state index contributed by atoms with van der Waals surface area (Å²) in [4.78, 5) is 24.0. The lowest BCUT2D eigenvalue weighted by molar-refractivity contribution is -0.122. The second-order valence-corrected chi connectivity index (χ2v) is 5.79. The number of ether oxygens (including phenoxy) is 1. The van der Waals surface area contributed by atoms with Gasteiger partial charge in [0.25, 0.3) is 5.91 Å². The maximum absolute atomic E-state index is 12.2. The molecule has 0 aromatic heterocycles. The zero-order chi connectivity index (χ0) is 17.5. The van der Waals surface area contributed by atoms with E-state index in [1.165, 1.54) is 0 Å².